The van der Waals surface area contributed by atoms with Gasteiger partial charge in [-0.25, -0.2) is 4.79 Å². The van der Waals surface area contributed by atoms with Gasteiger partial charge in [0.2, 0.25) is 0 Å². The van der Waals surface area contributed by atoms with Crippen LogP contribution in [0.2, 0.25) is 0 Å². The van der Waals surface area contributed by atoms with E-state index in [4.69, 9.17) is 10.5 Å². The Morgan fingerprint density at radius 2 is 2.09 bits per heavy atom. The lowest BCUT2D eigenvalue weighted by Gasteiger charge is -2.43. The minimum Gasteiger partial charge on any atom is -0.446 e. The van der Waals surface area contributed by atoms with Crippen LogP contribution in [0.15, 0.2) is 24.3 Å². The first kappa shape index (κ1) is 17.5. The van der Waals surface area contributed by atoms with Gasteiger partial charge in [0.1, 0.15) is 6.10 Å². The SMILES string of the molecule is CCC[C@@](O)(c1ccccc1I)[C@H]1CCCCC1OC(N)=O. The standard InChI is InChI=1S/C17H24INO3/c1-2-11-17(21,12-7-3-5-9-14(12)18)13-8-4-6-10-15(13)22-16(19)20/h3,5,7,9,13,15,21H,2,4,6,8,10-11H2,1H3,(H2,19,20)/t13-,15?,17+/m0/s1. The average Bonchev–Trinajstić information content (AvgIpc) is 2.47. The Labute approximate surface area is 145 Å². The molecule has 1 unspecified atom stereocenters. The maximum Gasteiger partial charge on any atom is 0.404 e. The highest BCUT2D eigenvalue weighted by Gasteiger charge is 2.45. The van der Waals surface area contributed by atoms with Crippen LogP contribution < -0.4 is 5.73 Å². The van der Waals surface area contributed by atoms with Crippen LogP contribution in [-0.2, 0) is 10.3 Å². The summed E-state index contributed by atoms with van der Waals surface area (Å²) in [6.45, 7) is 2.06. The highest BCUT2D eigenvalue weighted by Crippen LogP contribution is 2.44. The fourth-order valence-corrected chi connectivity index (χ4v) is 4.50. The number of rotatable bonds is 5. The lowest BCUT2D eigenvalue weighted by Crippen LogP contribution is -2.46. The Balaban J connectivity index is 2.39. The van der Waals surface area contributed by atoms with Crippen molar-refractivity contribution in [3.63, 3.8) is 0 Å². The second-order valence-electron chi connectivity index (χ2n) is 6.02. The van der Waals surface area contributed by atoms with Crippen LogP contribution >= 0.6 is 22.6 Å². The van der Waals surface area contributed by atoms with Crippen LogP contribution in [0.3, 0.4) is 0 Å². The topological polar surface area (TPSA) is 72.6 Å². The molecule has 2 rings (SSSR count). The molecule has 0 bridgehead atoms. The number of carbonyl (C=O) groups excluding carboxylic acids is 1. The molecule has 1 saturated carbocycles. The Bertz CT molecular complexity index is 522. The number of carbonyl (C=O) groups is 1. The summed E-state index contributed by atoms with van der Waals surface area (Å²) in [5.41, 5.74) is 5.18. The first-order valence-electron chi connectivity index (χ1n) is 7.92. The number of amides is 1. The molecule has 0 heterocycles. The van der Waals surface area contributed by atoms with Gasteiger partial charge in [0, 0.05) is 9.49 Å². The van der Waals surface area contributed by atoms with Crippen LogP contribution in [0.1, 0.15) is 51.0 Å². The maximum atomic E-state index is 11.5. The van der Waals surface area contributed by atoms with E-state index in [-0.39, 0.29) is 12.0 Å². The number of ether oxygens (including phenoxy) is 1. The van der Waals surface area contributed by atoms with Crippen molar-refractivity contribution in [2.24, 2.45) is 11.7 Å². The molecular formula is C17H24INO3. The predicted octanol–water partition coefficient (Wildman–Crippen LogP) is 3.93. The van der Waals surface area contributed by atoms with E-state index in [1.165, 1.54) is 0 Å². The van der Waals surface area contributed by atoms with Crippen molar-refractivity contribution in [1.82, 2.24) is 0 Å². The van der Waals surface area contributed by atoms with Gasteiger partial charge >= 0.3 is 6.09 Å². The summed E-state index contributed by atoms with van der Waals surface area (Å²) in [6.07, 6.45) is 4.11. The number of aliphatic hydroxyl groups is 1. The van der Waals surface area contributed by atoms with Gasteiger partial charge in [-0.2, -0.15) is 0 Å². The van der Waals surface area contributed by atoms with Gasteiger partial charge in [0.15, 0.2) is 0 Å². The van der Waals surface area contributed by atoms with E-state index >= 15 is 0 Å². The molecular weight excluding hydrogens is 393 g/mol. The normalized spacial score (nSPS) is 24.5. The summed E-state index contributed by atoms with van der Waals surface area (Å²) >= 11 is 2.26. The Hall–Kier alpha value is -0.820. The smallest absolute Gasteiger partial charge is 0.404 e. The van der Waals surface area contributed by atoms with Gasteiger partial charge in [-0.1, -0.05) is 38.0 Å². The zero-order valence-electron chi connectivity index (χ0n) is 12.9. The lowest BCUT2D eigenvalue weighted by atomic mass is 9.70. The summed E-state index contributed by atoms with van der Waals surface area (Å²) in [7, 11) is 0. The zero-order valence-corrected chi connectivity index (χ0v) is 15.1. The van der Waals surface area contributed by atoms with Gasteiger partial charge < -0.3 is 15.6 Å². The summed E-state index contributed by atoms with van der Waals surface area (Å²) in [6, 6.07) is 7.90. The third kappa shape index (κ3) is 3.74. The number of hydrogen-bond donors (Lipinski definition) is 2. The molecule has 4 nitrogen and oxygen atoms in total. The quantitative estimate of drug-likeness (QED) is 0.714. The van der Waals surface area contributed by atoms with Crippen molar-refractivity contribution in [2.45, 2.75) is 57.2 Å². The fourth-order valence-electron chi connectivity index (χ4n) is 3.65. The number of halogens is 1. The van der Waals surface area contributed by atoms with Crippen LogP contribution in [0.5, 0.6) is 0 Å². The Morgan fingerprint density at radius 3 is 2.73 bits per heavy atom. The zero-order chi connectivity index (χ0) is 16.2. The van der Waals surface area contributed by atoms with Crippen molar-refractivity contribution in [2.75, 3.05) is 0 Å². The van der Waals surface area contributed by atoms with E-state index in [9.17, 15) is 9.90 Å². The minimum atomic E-state index is -0.979. The molecule has 0 saturated heterocycles. The molecule has 22 heavy (non-hydrogen) atoms. The maximum absolute atomic E-state index is 11.5. The summed E-state index contributed by atoms with van der Waals surface area (Å²) in [5.74, 6) is -0.107. The van der Waals surface area contributed by atoms with E-state index in [0.717, 1.165) is 41.2 Å². The number of benzene rings is 1. The average molecular weight is 417 g/mol. The first-order valence-corrected chi connectivity index (χ1v) is 9.00. The van der Waals surface area contributed by atoms with Crippen molar-refractivity contribution in [3.8, 4) is 0 Å². The van der Waals surface area contributed by atoms with Crippen molar-refractivity contribution < 1.29 is 14.6 Å². The molecule has 0 radical (unpaired) electrons. The first-order chi connectivity index (χ1) is 10.5. The molecule has 1 amide bonds. The summed E-state index contributed by atoms with van der Waals surface area (Å²) in [4.78, 5) is 11.2. The van der Waals surface area contributed by atoms with Gasteiger partial charge in [-0.05, 0) is 59.9 Å². The number of nitrogens with two attached hydrogens (primary N) is 1. The highest BCUT2D eigenvalue weighted by atomic mass is 127. The molecule has 1 aromatic rings. The number of primary amides is 1. The van der Waals surface area contributed by atoms with E-state index < -0.39 is 11.7 Å². The third-order valence-corrected chi connectivity index (χ3v) is 5.50. The van der Waals surface area contributed by atoms with E-state index in [0.29, 0.717) is 6.42 Å². The molecule has 1 fully saturated rings. The Kier molecular flexibility index (Phi) is 6.09. The lowest BCUT2D eigenvalue weighted by molar-refractivity contribution is -0.100. The molecule has 5 heteroatoms. The Morgan fingerprint density at radius 1 is 1.41 bits per heavy atom. The summed E-state index contributed by atoms with van der Waals surface area (Å²) < 4.78 is 6.38. The van der Waals surface area contributed by atoms with E-state index in [1.807, 2.05) is 24.3 Å². The van der Waals surface area contributed by atoms with Gasteiger partial charge in [-0.3, -0.25) is 0 Å². The molecule has 1 aromatic carbocycles. The van der Waals surface area contributed by atoms with Gasteiger partial charge in [-0.15, -0.1) is 0 Å². The van der Waals surface area contributed by atoms with Gasteiger partial charge in [0.05, 0.1) is 5.60 Å². The minimum absolute atomic E-state index is 0.107. The molecule has 0 aliphatic heterocycles. The molecule has 122 valence electrons. The van der Waals surface area contributed by atoms with Crippen molar-refractivity contribution >= 4 is 28.7 Å². The van der Waals surface area contributed by atoms with Crippen molar-refractivity contribution in [1.29, 1.82) is 0 Å². The van der Waals surface area contributed by atoms with Gasteiger partial charge in [0.25, 0.3) is 0 Å². The molecule has 0 spiro atoms. The second kappa shape index (κ2) is 7.64. The summed E-state index contributed by atoms with van der Waals surface area (Å²) in [5, 5.41) is 11.5. The molecule has 1 aliphatic carbocycles. The van der Waals surface area contributed by atoms with Crippen LogP contribution in [-0.4, -0.2) is 17.3 Å². The molecule has 3 N–H and O–H groups in total. The highest BCUT2D eigenvalue weighted by molar-refractivity contribution is 14.1. The third-order valence-electron chi connectivity index (χ3n) is 4.55. The van der Waals surface area contributed by atoms with Crippen LogP contribution in [0, 0.1) is 9.49 Å². The van der Waals surface area contributed by atoms with Crippen molar-refractivity contribution in [3.05, 3.63) is 33.4 Å². The predicted molar refractivity (Wildman–Crippen MR) is 94.4 cm³/mol. The molecule has 0 aromatic heterocycles. The van der Waals surface area contributed by atoms with E-state index in [2.05, 4.69) is 29.5 Å². The van der Waals surface area contributed by atoms with Crippen LogP contribution in [0.25, 0.3) is 0 Å². The second-order valence-corrected chi connectivity index (χ2v) is 7.18. The van der Waals surface area contributed by atoms with E-state index in [1.54, 1.807) is 0 Å². The monoisotopic (exact) mass is 417 g/mol. The number of hydrogen-bond acceptors (Lipinski definition) is 3. The molecule has 1 aliphatic rings. The largest absolute Gasteiger partial charge is 0.446 e. The fraction of sp³-hybridized carbons (Fsp3) is 0.588. The van der Waals surface area contributed by atoms with Crippen LogP contribution in [0.4, 0.5) is 4.79 Å². The molecule has 3 atom stereocenters.